The summed E-state index contributed by atoms with van der Waals surface area (Å²) in [7, 11) is 0. The van der Waals surface area contributed by atoms with Gasteiger partial charge >= 0.3 is 0 Å². The molecule has 0 aromatic carbocycles. The predicted molar refractivity (Wildman–Crippen MR) is 59.8 cm³/mol. The lowest BCUT2D eigenvalue weighted by Gasteiger charge is -2.26. The maximum absolute atomic E-state index is 11.1. The van der Waals surface area contributed by atoms with Crippen LogP contribution in [0.3, 0.4) is 0 Å². The second-order valence-electron chi connectivity index (χ2n) is 3.83. The van der Waals surface area contributed by atoms with Gasteiger partial charge < -0.3 is 30.7 Å². The Bertz CT molecular complexity index is 371. The molecule has 2 aliphatic rings. The highest BCUT2D eigenvalue weighted by Crippen LogP contribution is 2.14. The van der Waals surface area contributed by atoms with Crippen LogP contribution in [-0.4, -0.2) is 47.2 Å². The van der Waals surface area contributed by atoms with E-state index >= 15 is 0 Å². The van der Waals surface area contributed by atoms with Crippen molar-refractivity contribution in [2.24, 2.45) is 11.5 Å². The number of carbonyl (C=O) groups is 2. The number of amides is 2. The van der Waals surface area contributed by atoms with Gasteiger partial charge in [0.25, 0.3) is 24.3 Å². The van der Waals surface area contributed by atoms with E-state index in [2.05, 4.69) is 0 Å². The molecule has 2 heterocycles. The van der Waals surface area contributed by atoms with E-state index in [0.29, 0.717) is 13.1 Å². The van der Waals surface area contributed by atoms with Crippen molar-refractivity contribution in [1.82, 2.24) is 9.80 Å². The second-order valence-corrected chi connectivity index (χ2v) is 3.83. The van der Waals surface area contributed by atoms with E-state index in [0.717, 1.165) is 0 Å². The Balaban J connectivity index is 1.88. The van der Waals surface area contributed by atoms with Crippen LogP contribution in [0.25, 0.3) is 0 Å². The first-order chi connectivity index (χ1) is 8.59. The second kappa shape index (κ2) is 4.86. The topological polar surface area (TPSA) is 111 Å². The number of hydrogen-bond acceptors (Lipinski definition) is 6. The molecule has 8 heteroatoms. The molecular formula is C10H14N4O4. The van der Waals surface area contributed by atoms with Crippen LogP contribution >= 0.6 is 0 Å². The fourth-order valence-corrected chi connectivity index (χ4v) is 1.76. The Labute approximate surface area is 103 Å². The van der Waals surface area contributed by atoms with Crippen molar-refractivity contribution in [1.29, 1.82) is 0 Å². The maximum atomic E-state index is 11.1. The number of nitrogens with zero attached hydrogens (tertiary/aromatic N) is 2. The Morgan fingerprint density at radius 3 is 1.67 bits per heavy atom. The lowest BCUT2D eigenvalue weighted by Crippen LogP contribution is -2.46. The van der Waals surface area contributed by atoms with Crippen LogP contribution in [0.2, 0.25) is 0 Å². The monoisotopic (exact) mass is 254 g/mol. The number of hydrogen-bond donors (Lipinski definition) is 2. The normalized spacial score (nSPS) is 25.1. The average molecular weight is 254 g/mol. The van der Waals surface area contributed by atoms with Gasteiger partial charge in [0.05, 0.1) is 0 Å². The Kier molecular flexibility index (Phi) is 3.26. The van der Waals surface area contributed by atoms with Gasteiger partial charge in [-0.2, -0.15) is 0 Å². The zero-order chi connectivity index (χ0) is 13.1. The summed E-state index contributed by atoms with van der Waals surface area (Å²) in [6.07, 6.45) is 4.44. The summed E-state index contributed by atoms with van der Waals surface area (Å²) in [5, 5.41) is 0. The van der Waals surface area contributed by atoms with Crippen molar-refractivity contribution < 1.29 is 19.1 Å². The van der Waals surface area contributed by atoms with E-state index in [9.17, 15) is 9.59 Å². The van der Waals surface area contributed by atoms with E-state index in [1.54, 1.807) is 22.2 Å². The first-order valence-corrected chi connectivity index (χ1v) is 5.34. The van der Waals surface area contributed by atoms with Crippen molar-refractivity contribution in [2.45, 2.75) is 12.5 Å². The molecule has 18 heavy (non-hydrogen) atoms. The summed E-state index contributed by atoms with van der Waals surface area (Å²) < 4.78 is 10.1. The summed E-state index contributed by atoms with van der Waals surface area (Å²) in [6.45, 7) is 0.892. The van der Waals surface area contributed by atoms with Crippen LogP contribution < -0.4 is 11.5 Å². The molecule has 0 bridgehead atoms. The van der Waals surface area contributed by atoms with Gasteiger partial charge in [0, 0.05) is 25.5 Å². The van der Waals surface area contributed by atoms with Crippen LogP contribution in [0.4, 0.5) is 0 Å². The number of rotatable bonds is 5. The van der Waals surface area contributed by atoms with E-state index in [4.69, 9.17) is 20.9 Å². The highest BCUT2D eigenvalue weighted by molar-refractivity contribution is 5.79. The molecule has 2 unspecified atom stereocenters. The fraction of sp³-hybridized carbons (Fsp3) is 0.400. The van der Waals surface area contributed by atoms with Gasteiger partial charge in [-0.15, -0.1) is 0 Å². The van der Waals surface area contributed by atoms with Crippen LogP contribution in [0, 0.1) is 0 Å². The Morgan fingerprint density at radius 2 is 1.33 bits per heavy atom. The molecule has 2 rings (SSSR count). The number of ether oxygens (including phenoxy) is 2. The van der Waals surface area contributed by atoms with E-state index < -0.39 is 24.3 Å². The third-order valence-corrected chi connectivity index (χ3v) is 2.63. The smallest absolute Gasteiger partial charge is 0.280 e. The molecule has 98 valence electrons. The third-order valence-electron chi connectivity index (χ3n) is 2.63. The molecule has 2 amide bonds. The van der Waals surface area contributed by atoms with E-state index in [-0.39, 0.29) is 0 Å². The van der Waals surface area contributed by atoms with Crippen LogP contribution in [-0.2, 0) is 19.1 Å². The number of primary amides is 2. The third kappa shape index (κ3) is 2.31. The summed E-state index contributed by atoms with van der Waals surface area (Å²) in [4.78, 5) is 25.4. The molecule has 0 fully saturated rings. The SMILES string of the molecule is NC(=O)C1OC=CN1CCN1C=COC1C(N)=O. The minimum Gasteiger partial charge on any atom is -0.467 e. The van der Waals surface area contributed by atoms with Crippen LogP contribution in [0.15, 0.2) is 24.9 Å². The summed E-state index contributed by atoms with van der Waals surface area (Å²) in [5.74, 6) is -1.14. The molecule has 0 spiro atoms. The summed E-state index contributed by atoms with van der Waals surface area (Å²) >= 11 is 0. The molecule has 0 aromatic heterocycles. The summed E-state index contributed by atoms with van der Waals surface area (Å²) in [6, 6.07) is 0. The van der Waals surface area contributed by atoms with Gasteiger partial charge in [-0.05, 0) is 0 Å². The number of nitrogens with two attached hydrogens (primary N) is 2. The standard InChI is InChI=1S/C10H14N4O4/c11-7(15)9-13(3-5-17-9)1-2-14-4-6-18-10(14)8(12)16/h3-6,9-10H,1-2H2,(H2,11,15)(H2,12,16). The van der Waals surface area contributed by atoms with Crippen molar-refractivity contribution in [3.63, 3.8) is 0 Å². The quantitative estimate of drug-likeness (QED) is 0.599. The minimum atomic E-state index is -0.801. The van der Waals surface area contributed by atoms with Crippen molar-refractivity contribution in [3.8, 4) is 0 Å². The highest BCUT2D eigenvalue weighted by atomic mass is 16.5. The van der Waals surface area contributed by atoms with Crippen molar-refractivity contribution in [3.05, 3.63) is 24.9 Å². The van der Waals surface area contributed by atoms with Gasteiger partial charge in [0.1, 0.15) is 12.5 Å². The summed E-state index contributed by atoms with van der Waals surface area (Å²) in [5.41, 5.74) is 10.4. The molecular weight excluding hydrogens is 240 g/mol. The number of carbonyl (C=O) groups excluding carboxylic acids is 2. The van der Waals surface area contributed by atoms with E-state index in [1.165, 1.54) is 12.5 Å². The van der Waals surface area contributed by atoms with Crippen LogP contribution in [0.5, 0.6) is 0 Å². The molecule has 0 radical (unpaired) electrons. The van der Waals surface area contributed by atoms with Gasteiger partial charge in [0.15, 0.2) is 0 Å². The molecule has 4 N–H and O–H groups in total. The van der Waals surface area contributed by atoms with Gasteiger partial charge in [-0.25, -0.2) is 0 Å². The first kappa shape index (κ1) is 12.1. The first-order valence-electron chi connectivity index (χ1n) is 5.34. The maximum Gasteiger partial charge on any atom is 0.280 e. The molecule has 2 aliphatic heterocycles. The largest absolute Gasteiger partial charge is 0.467 e. The lowest BCUT2D eigenvalue weighted by atomic mass is 10.4. The van der Waals surface area contributed by atoms with Gasteiger partial charge in [-0.3, -0.25) is 9.59 Å². The zero-order valence-corrected chi connectivity index (χ0v) is 9.56. The fourth-order valence-electron chi connectivity index (χ4n) is 1.76. The highest BCUT2D eigenvalue weighted by Gasteiger charge is 2.29. The Morgan fingerprint density at radius 1 is 0.944 bits per heavy atom. The minimum absolute atomic E-state index is 0.446. The van der Waals surface area contributed by atoms with E-state index in [1.807, 2.05) is 0 Å². The Hall–Kier alpha value is -2.38. The molecule has 8 nitrogen and oxygen atoms in total. The molecule has 0 saturated carbocycles. The van der Waals surface area contributed by atoms with Crippen LogP contribution in [0.1, 0.15) is 0 Å². The molecule has 2 atom stereocenters. The van der Waals surface area contributed by atoms with Crippen molar-refractivity contribution >= 4 is 11.8 Å². The van der Waals surface area contributed by atoms with Gasteiger partial charge in [0.2, 0.25) is 0 Å². The lowest BCUT2D eigenvalue weighted by molar-refractivity contribution is -0.134. The predicted octanol–water partition coefficient (Wildman–Crippen LogP) is -1.78. The molecule has 0 saturated heterocycles. The van der Waals surface area contributed by atoms with Crippen molar-refractivity contribution in [2.75, 3.05) is 13.1 Å². The average Bonchev–Trinajstić information content (AvgIpc) is 2.94. The van der Waals surface area contributed by atoms with Gasteiger partial charge in [-0.1, -0.05) is 0 Å². The zero-order valence-electron chi connectivity index (χ0n) is 9.56. The molecule has 0 aromatic rings. The molecule has 0 aliphatic carbocycles.